The number of aromatic nitrogens is 2. The second-order valence-corrected chi connectivity index (χ2v) is 9.15. The SMILES string of the molecule is CCOC(=O)c1ccc(NC(=O)C(C)n2cnc3sc(C(=O)OCC(C)C)c(C)c3c2=O)cc1. The maximum atomic E-state index is 13.2. The highest BCUT2D eigenvalue weighted by atomic mass is 32.1. The number of ether oxygens (including phenoxy) is 2. The molecule has 34 heavy (non-hydrogen) atoms. The smallest absolute Gasteiger partial charge is 0.348 e. The van der Waals surface area contributed by atoms with Gasteiger partial charge in [-0.25, -0.2) is 14.6 Å². The monoisotopic (exact) mass is 485 g/mol. The van der Waals surface area contributed by atoms with Gasteiger partial charge in [-0.05, 0) is 56.5 Å². The minimum absolute atomic E-state index is 0.190. The fourth-order valence-electron chi connectivity index (χ4n) is 3.19. The number of hydrogen-bond donors (Lipinski definition) is 1. The Morgan fingerprint density at radius 2 is 1.76 bits per heavy atom. The van der Waals surface area contributed by atoms with Crippen molar-refractivity contribution < 1.29 is 23.9 Å². The fourth-order valence-corrected chi connectivity index (χ4v) is 4.23. The van der Waals surface area contributed by atoms with Gasteiger partial charge in [0.05, 0.1) is 30.5 Å². The Labute approximate surface area is 200 Å². The molecule has 0 bridgehead atoms. The van der Waals surface area contributed by atoms with Crippen LogP contribution in [-0.4, -0.2) is 40.6 Å². The second kappa shape index (κ2) is 10.6. The van der Waals surface area contributed by atoms with E-state index in [-0.39, 0.29) is 19.1 Å². The lowest BCUT2D eigenvalue weighted by atomic mass is 10.2. The molecule has 1 aromatic carbocycles. The largest absolute Gasteiger partial charge is 0.462 e. The molecule has 9 nitrogen and oxygen atoms in total. The van der Waals surface area contributed by atoms with E-state index in [2.05, 4.69) is 10.3 Å². The summed E-state index contributed by atoms with van der Waals surface area (Å²) >= 11 is 1.10. The van der Waals surface area contributed by atoms with Gasteiger partial charge in [-0.15, -0.1) is 11.3 Å². The van der Waals surface area contributed by atoms with E-state index < -0.39 is 29.4 Å². The summed E-state index contributed by atoms with van der Waals surface area (Å²) in [5.74, 6) is -1.18. The van der Waals surface area contributed by atoms with Crippen LogP contribution in [0.3, 0.4) is 0 Å². The fraction of sp³-hybridized carbons (Fsp3) is 0.375. The van der Waals surface area contributed by atoms with Crippen LogP contribution in [0.2, 0.25) is 0 Å². The molecular formula is C24H27N3O6S. The number of benzene rings is 1. The summed E-state index contributed by atoms with van der Waals surface area (Å²) in [7, 11) is 0. The van der Waals surface area contributed by atoms with Gasteiger partial charge < -0.3 is 14.8 Å². The van der Waals surface area contributed by atoms with E-state index in [1.807, 2.05) is 13.8 Å². The number of hydrogen-bond acceptors (Lipinski definition) is 8. The molecule has 1 amide bonds. The molecule has 3 aromatic rings. The van der Waals surface area contributed by atoms with Gasteiger partial charge in [0.1, 0.15) is 15.7 Å². The average molecular weight is 486 g/mol. The molecule has 2 heterocycles. The molecule has 0 aliphatic carbocycles. The van der Waals surface area contributed by atoms with E-state index in [9.17, 15) is 19.2 Å². The van der Waals surface area contributed by atoms with Gasteiger partial charge in [0.15, 0.2) is 0 Å². The van der Waals surface area contributed by atoms with Gasteiger partial charge in [-0.2, -0.15) is 0 Å². The average Bonchev–Trinajstić information content (AvgIpc) is 3.15. The number of fused-ring (bicyclic) bond motifs is 1. The minimum atomic E-state index is -0.871. The number of amides is 1. The summed E-state index contributed by atoms with van der Waals surface area (Å²) in [6.07, 6.45) is 1.30. The van der Waals surface area contributed by atoms with Crippen molar-refractivity contribution in [1.29, 1.82) is 0 Å². The Bertz CT molecular complexity index is 1280. The molecule has 0 fully saturated rings. The van der Waals surface area contributed by atoms with E-state index >= 15 is 0 Å². The molecule has 1 unspecified atom stereocenters. The van der Waals surface area contributed by atoms with Crippen molar-refractivity contribution in [3.05, 3.63) is 57.0 Å². The number of esters is 2. The Hall–Kier alpha value is -3.53. The van der Waals surface area contributed by atoms with E-state index in [4.69, 9.17) is 9.47 Å². The molecule has 0 spiro atoms. The maximum Gasteiger partial charge on any atom is 0.348 e. The van der Waals surface area contributed by atoms with Crippen LogP contribution < -0.4 is 10.9 Å². The molecule has 0 aliphatic rings. The lowest BCUT2D eigenvalue weighted by Gasteiger charge is -2.15. The second-order valence-electron chi connectivity index (χ2n) is 8.15. The molecule has 0 radical (unpaired) electrons. The van der Waals surface area contributed by atoms with Crippen LogP contribution in [-0.2, 0) is 14.3 Å². The summed E-state index contributed by atoms with van der Waals surface area (Å²) in [4.78, 5) is 55.2. The molecule has 1 N–H and O–H groups in total. The first-order valence-electron chi connectivity index (χ1n) is 10.9. The van der Waals surface area contributed by atoms with Crippen LogP contribution in [0.1, 0.15) is 59.3 Å². The number of aryl methyl sites for hydroxylation is 1. The van der Waals surface area contributed by atoms with Gasteiger partial charge in [0, 0.05) is 5.69 Å². The van der Waals surface area contributed by atoms with Crippen LogP contribution in [0.25, 0.3) is 10.2 Å². The predicted molar refractivity (Wildman–Crippen MR) is 129 cm³/mol. The predicted octanol–water partition coefficient (Wildman–Crippen LogP) is 3.96. The van der Waals surface area contributed by atoms with Gasteiger partial charge in [-0.1, -0.05) is 13.8 Å². The van der Waals surface area contributed by atoms with Gasteiger partial charge in [0.25, 0.3) is 5.56 Å². The summed E-state index contributed by atoms with van der Waals surface area (Å²) in [5, 5.41) is 3.02. The summed E-state index contributed by atoms with van der Waals surface area (Å²) in [5.41, 5.74) is 0.910. The molecule has 2 aromatic heterocycles. The summed E-state index contributed by atoms with van der Waals surface area (Å²) < 4.78 is 11.5. The zero-order valence-corrected chi connectivity index (χ0v) is 20.5. The topological polar surface area (TPSA) is 117 Å². The highest BCUT2D eigenvalue weighted by molar-refractivity contribution is 7.20. The van der Waals surface area contributed by atoms with Crippen LogP contribution >= 0.6 is 11.3 Å². The highest BCUT2D eigenvalue weighted by Crippen LogP contribution is 2.28. The van der Waals surface area contributed by atoms with Crippen LogP contribution in [0.4, 0.5) is 5.69 Å². The molecule has 1 atom stereocenters. The number of carbonyl (C=O) groups excluding carboxylic acids is 3. The number of carbonyl (C=O) groups is 3. The van der Waals surface area contributed by atoms with Crippen molar-refractivity contribution in [3.63, 3.8) is 0 Å². The van der Waals surface area contributed by atoms with Crippen molar-refractivity contribution in [2.75, 3.05) is 18.5 Å². The Balaban J connectivity index is 1.81. The third-order valence-corrected chi connectivity index (χ3v) is 6.25. The Morgan fingerprint density at radius 1 is 1.09 bits per heavy atom. The van der Waals surface area contributed by atoms with Crippen molar-refractivity contribution in [2.24, 2.45) is 5.92 Å². The van der Waals surface area contributed by atoms with Gasteiger partial charge in [0.2, 0.25) is 5.91 Å². The molecule has 10 heteroatoms. The van der Waals surface area contributed by atoms with Crippen molar-refractivity contribution in [2.45, 2.75) is 40.7 Å². The van der Waals surface area contributed by atoms with Gasteiger partial charge >= 0.3 is 11.9 Å². The Morgan fingerprint density at radius 3 is 2.38 bits per heavy atom. The van der Waals surface area contributed by atoms with E-state index in [1.54, 1.807) is 45.0 Å². The first-order chi connectivity index (χ1) is 16.1. The van der Waals surface area contributed by atoms with Crippen molar-refractivity contribution >= 4 is 45.1 Å². The van der Waals surface area contributed by atoms with E-state index in [1.165, 1.54) is 10.9 Å². The molecule has 0 saturated heterocycles. The minimum Gasteiger partial charge on any atom is -0.462 e. The van der Waals surface area contributed by atoms with Crippen LogP contribution in [0.15, 0.2) is 35.4 Å². The quantitative estimate of drug-likeness (QED) is 0.480. The molecule has 180 valence electrons. The van der Waals surface area contributed by atoms with E-state index in [0.29, 0.717) is 31.9 Å². The Kier molecular flexibility index (Phi) is 7.83. The molecular weight excluding hydrogens is 458 g/mol. The number of anilines is 1. The molecule has 0 saturated carbocycles. The molecule has 0 aliphatic heterocycles. The number of nitrogens with zero attached hydrogens (tertiary/aromatic N) is 2. The lowest BCUT2D eigenvalue weighted by Crippen LogP contribution is -2.31. The number of rotatable bonds is 8. The third-order valence-electron chi connectivity index (χ3n) is 5.07. The standard InChI is InChI=1S/C24H27N3O6S/c1-6-32-23(30)16-7-9-17(10-8-16)26-20(28)15(5)27-12-25-21-18(22(27)29)14(4)19(34-21)24(31)33-11-13(2)3/h7-10,12-13,15H,6,11H2,1-5H3,(H,26,28). The zero-order chi connectivity index (χ0) is 25.0. The number of thiophene rings is 1. The van der Waals surface area contributed by atoms with Crippen LogP contribution in [0.5, 0.6) is 0 Å². The highest BCUT2D eigenvalue weighted by Gasteiger charge is 2.24. The van der Waals surface area contributed by atoms with Crippen molar-refractivity contribution in [3.8, 4) is 0 Å². The maximum absolute atomic E-state index is 13.2. The first-order valence-corrected chi connectivity index (χ1v) is 11.7. The first kappa shape index (κ1) is 25.1. The summed E-state index contributed by atoms with van der Waals surface area (Å²) in [6, 6.07) is 5.39. The van der Waals surface area contributed by atoms with Crippen molar-refractivity contribution in [1.82, 2.24) is 9.55 Å². The van der Waals surface area contributed by atoms with Gasteiger partial charge in [-0.3, -0.25) is 14.2 Å². The lowest BCUT2D eigenvalue weighted by molar-refractivity contribution is -0.118. The zero-order valence-electron chi connectivity index (χ0n) is 19.7. The van der Waals surface area contributed by atoms with Crippen LogP contribution in [0, 0.1) is 12.8 Å². The summed E-state index contributed by atoms with van der Waals surface area (Å²) in [6.45, 7) is 9.40. The number of nitrogens with one attached hydrogen (secondary N) is 1. The molecule has 3 rings (SSSR count). The third kappa shape index (κ3) is 5.33. The van der Waals surface area contributed by atoms with E-state index in [0.717, 1.165) is 11.3 Å². The normalized spacial score (nSPS) is 11.9.